The zero-order valence-corrected chi connectivity index (χ0v) is 12.1. The topological polar surface area (TPSA) is 54.0 Å². The van der Waals surface area contributed by atoms with Crippen molar-refractivity contribution in [3.05, 3.63) is 23.6 Å². The van der Waals surface area contributed by atoms with Crippen molar-refractivity contribution in [2.45, 2.75) is 39.5 Å². The minimum absolute atomic E-state index is 0.0533. The molecule has 5 heteroatoms. The van der Waals surface area contributed by atoms with Gasteiger partial charge in [0.1, 0.15) is 0 Å². The highest BCUT2D eigenvalue weighted by molar-refractivity contribution is 5.95. The molecule has 1 fully saturated rings. The van der Waals surface area contributed by atoms with Crippen molar-refractivity contribution >= 4 is 11.7 Å². The van der Waals surface area contributed by atoms with Crippen molar-refractivity contribution < 1.29 is 9.18 Å². The van der Waals surface area contributed by atoms with Gasteiger partial charge in [-0.25, -0.2) is 9.37 Å². The Kier molecular flexibility index (Phi) is 4.57. The third-order valence-electron chi connectivity index (χ3n) is 3.96. The number of anilines is 1. The van der Waals surface area contributed by atoms with Crippen LogP contribution >= 0.6 is 0 Å². The van der Waals surface area contributed by atoms with Gasteiger partial charge < -0.3 is 10.6 Å². The van der Waals surface area contributed by atoms with Crippen LogP contribution in [0.5, 0.6) is 0 Å². The van der Waals surface area contributed by atoms with Gasteiger partial charge in [-0.1, -0.05) is 19.8 Å². The quantitative estimate of drug-likeness (QED) is 0.871. The molecule has 0 aromatic carbocycles. The lowest BCUT2D eigenvalue weighted by Crippen LogP contribution is -2.34. The summed E-state index contributed by atoms with van der Waals surface area (Å²) in [5, 5.41) is 5.67. The number of amides is 1. The van der Waals surface area contributed by atoms with E-state index >= 15 is 0 Å². The van der Waals surface area contributed by atoms with E-state index in [4.69, 9.17) is 0 Å². The minimum Gasteiger partial charge on any atom is -0.368 e. The highest BCUT2D eigenvalue weighted by atomic mass is 19.1. The van der Waals surface area contributed by atoms with E-state index in [1.165, 1.54) is 25.1 Å². The van der Waals surface area contributed by atoms with Crippen LogP contribution in [0.3, 0.4) is 0 Å². The predicted octanol–water partition coefficient (Wildman–Crippen LogP) is 2.96. The van der Waals surface area contributed by atoms with Crippen molar-refractivity contribution in [3.63, 3.8) is 0 Å². The largest absolute Gasteiger partial charge is 0.368 e. The second kappa shape index (κ2) is 6.20. The van der Waals surface area contributed by atoms with Crippen molar-refractivity contribution in [1.82, 2.24) is 10.3 Å². The highest BCUT2D eigenvalue weighted by Crippen LogP contribution is 2.36. The van der Waals surface area contributed by atoms with Gasteiger partial charge in [0.05, 0.1) is 5.56 Å². The molecular weight excluding hydrogens is 257 g/mol. The van der Waals surface area contributed by atoms with Gasteiger partial charge >= 0.3 is 0 Å². The summed E-state index contributed by atoms with van der Waals surface area (Å²) in [6, 6.07) is 1.42. The number of carbonyl (C=O) groups is 1. The Balaban J connectivity index is 2.03. The maximum atomic E-state index is 14.1. The summed E-state index contributed by atoms with van der Waals surface area (Å²) in [4.78, 5) is 16.0. The van der Waals surface area contributed by atoms with Gasteiger partial charge in [-0.15, -0.1) is 0 Å². The van der Waals surface area contributed by atoms with Gasteiger partial charge in [0.15, 0.2) is 11.6 Å². The van der Waals surface area contributed by atoms with Gasteiger partial charge in [0, 0.05) is 19.3 Å². The SMILES string of the molecule is CCNc1nccc(C(=O)NCC2(C)CCCC2)c1F. The summed E-state index contributed by atoms with van der Waals surface area (Å²) < 4.78 is 14.1. The molecule has 1 aliphatic rings. The lowest BCUT2D eigenvalue weighted by atomic mass is 9.89. The third-order valence-corrected chi connectivity index (χ3v) is 3.96. The van der Waals surface area contributed by atoms with E-state index in [1.807, 2.05) is 6.92 Å². The van der Waals surface area contributed by atoms with Crippen molar-refractivity contribution in [2.24, 2.45) is 5.41 Å². The van der Waals surface area contributed by atoms with Gasteiger partial charge in [-0.3, -0.25) is 4.79 Å². The van der Waals surface area contributed by atoms with Crippen LogP contribution in [-0.4, -0.2) is 24.0 Å². The Morgan fingerprint density at radius 1 is 1.45 bits per heavy atom. The molecule has 1 aromatic rings. The first kappa shape index (κ1) is 14.8. The Labute approximate surface area is 119 Å². The fraction of sp³-hybridized carbons (Fsp3) is 0.600. The maximum Gasteiger partial charge on any atom is 0.254 e. The number of rotatable bonds is 5. The molecule has 0 atom stereocenters. The second-order valence-electron chi connectivity index (χ2n) is 5.75. The molecule has 0 radical (unpaired) electrons. The summed E-state index contributed by atoms with van der Waals surface area (Å²) in [7, 11) is 0. The summed E-state index contributed by atoms with van der Waals surface area (Å²) >= 11 is 0. The van der Waals surface area contributed by atoms with Gasteiger partial charge in [-0.2, -0.15) is 0 Å². The first-order valence-electron chi connectivity index (χ1n) is 7.22. The second-order valence-corrected chi connectivity index (χ2v) is 5.75. The average Bonchev–Trinajstić information content (AvgIpc) is 2.86. The molecule has 0 unspecified atom stereocenters. The van der Waals surface area contributed by atoms with E-state index in [1.54, 1.807) is 0 Å². The number of carbonyl (C=O) groups excluding carboxylic acids is 1. The van der Waals surface area contributed by atoms with E-state index in [2.05, 4.69) is 22.5 Å². The summed E-state index contributed by atoms with van der Waals surface area (Å²) in [6.07, 6.45) is 6.11. The third kappa shape index (κ3) is 3.26. The number of nitrogens with one attached hydrogen (secondary N) is 2. The molecule has 110 valence electrons. The first-order valence-corrected chi connectivity index (χ1v) is 7.22. The molecule has 1 heterocycles. The van der Waals surface area contributed by atoms with E-state index in [0.29, 0.717) is 13.1 Å². The molecule has 0 bridgehead atoms. The van der Waals surface area contributed by atoms with Crippen LogP contribution in [0.15, 0.2) is 12.3 Å². The highest BCUT2D eigenvalue weighted by Gasteiger charge is 2.29. The van der Waals surface area contributed by atoms with Crippen LogP contribution in [0.4, 0.5) is 10.2 Å². The van der Waals surface area contributed by atoms with Gasteiger partial charge in [0.2, 0.25) is 0 Å². The fourth-order valence-corrected chi connectivity index (χ4v) is 2.70. The van der Waals surface area contributed by atoms with E-state index in [0.717, 1.165) is 12.8 Å². The fourth-order valence-electron chi connectivity index (χ4n) is 2.70. The molecule has 1 saturated carbocycles. The summed E-state index contributed by atoms with van der Waals surface area (Å²) in [5.74, 6) is -0.812. The number of halogens is 1. The number of hydrogen-bond donors (Lipinski definition) is 2. The standard InChI is InChI=1S/C15H22FN3O/c1-3-17-13-12(16)11(6-9-18-13)14(20)19-10-15(2)7-4-5-8-15/h6,9H,3-5,7-8,10H2,1-2H3,(H,17,18)(H,19,20). The predicted molar refractivity (Wildman–Crippen MR) is 77.3 cm³/mol. The molecule has 0 spiro atoms. The maximum absolute atomic E-state index is 14.1. The van der Waals surface area contributed by atoms with Crippen LogP contribution in [0, 0.1) is 11.2 Å². The molecule has 1 aliphatic carbocycles. The van der Waals surface area contributed by atoms with Crippen LogP contribution in [0.25, 0.3) is 0 Å². The monoisotopic (exact) mass is 279 g/mol. The normalized spacial score (nSPS) is 16.9. The molecule has 0 aliphatic heterocycles. The Morgan fingerprint density at radius 3 is 2.80 bits per heavy atom. The lowest BCUT2D eigenvalue weighted by molar-refractivity contribution is 0.0930. The Bertz CT molecular complexity index is 484. The van der Waals surface area contributed by atoms with Crippen LogP contribution in [-0.2, 0) is 0 Å². The minimum atomic E-state index is -0.580. The average molecular weight is 279 g/mol. The molecule has 1 amide bonds. The lowest BCUT2D eigenvalue weighted by Gasteiger charge is -2.23. The Hall–Kier alpha value is -1.65. The summed E-state index contributed by atoms with van der Waals surface area (Å²) in [5.41, 5.74) is 0.210. The van der Waals surface area contributed by atoms with Crippen LogP contribution in [0.2, 0.25) is 0 Å². The number of hydrogen-bond acceptors (Lipinski definition) is 3. The molecule has 1 aromatic heterocycles. The molecule has 2 rings (SSSR count). The molecule has 2 N–H and O–H groups in total. The number of nitrogens with zero attached hydrogens (tertiary/aromatic N) is 1. The molecule has 4 nitrogen and oxygen atoms in total. The van der Waals surface area contributed by atoms with Crippen molar-refractivity contribution in [1.29, 1.82) is 0 Å². The van der Waals surface area contributed by atoms with Gasteiger partial charge in [-0.05, 0) is 31.2 Å². The Morgan fingerprint density at radius 2 is 2.15 bits per heavy atom. The van der Waals surface area contributed by atoms with Crippen LogP contribution in [0.1, 0.15) is 49.9 Å². The molecule has 0 saturated heterocycles. The van der Waals surface area contributed by atoms with Crippen molar-refractivity contribution in [2.75, 3.05) is 18.4 Å². The van der Waals surface area contributed by atoms with E-state index < -0.39 is 5.82 Å². The summed E-state index contributed by atoms with van der Waals surface area (Å²) in [6.45, 7) is 5.19. The van der Waals surface area contributed by atoms with Gasteiger partial charge in [0.25, 0.3) is 5.91 Å². The van der Waals surface area contributed by atoms with Crippen molar-refractivity contribution in [3.8, 4) is 0 Å². The molecule has 20 heavy (non-hydrogen) atoms. The zero-order valence-electron chi connectivity index (χ0n) is 12.1. The van der Waals surface area contributed by atoms with E-state index in [-0.39, 0.29) is 22.7 Å². The number of aromatic nitrogens is 1. The molecular formula is C15H22FN3O. The van der Waals surface area contributed by atoms with Crippen LogP contribution < -0.4 is 10.6 Å². The first-order chi connectivity index (χ1) is 9.56. The van der Waals surface area contributed by atoms with E-state index in [9.17, 15) is 9.18 Å². The number of pyridine rings is 1. The zero-order chi connectivity index (χ0) is 14.6. The smallest absolute Gasteiger partial charge is 0.254 e.